The number of piperidine rings is 1. The van der Waals surface area contributed by atoms with E-state index in [2.05, 4.69) is 21.9 Å². The third-order valence-corrected chi connectivity index (χ3v) is 3.30. The number of likely N-dealkylation sites (N-methyl/N-ethyl adjacent to an activating group) is 1. The quantitative estimate of drug-likeness (QED) is 0.603. The molecule has 0 spiro atoms. The van der Waals surface area contributed by atoms with E-state index in [-0.39, 0.29) is 5.84 Å². The lowest BCUT2D eigenvalue weighted by Gasteiger charge is -2.32. The highest BCUT2D eigenvalue weighted by molar-refractivity contribution is 5.96. The van der Waals surface area contributed by atoms with Crippen molar-refractivity contribution in [1.82, 2.24) is 14.9 Å². The molecule has 1 aliphatic rings. The molecule has 0 radical (unpaired) electrons. The number of hydrogen-bond donors (Lipinski definition) is 2. The van der Waals surface area contributed by atoms with E-state index >= 15 is 0 Å². The van der Waals surface area contributed by atoms with Crippen LogP contribution in [0.25, 0.3) is 0 Å². The second-order valence-electron chi connectivity index (χ2n) is 4.60. The highest BCUT2D eigenvalue weighted by Crippen LogP contribution is 2.18. The smallest absolute Gasteiger partial charge is 0.227 e. The van der Waals surface area contributed by atoms with Crippen LogP contribution in [-0.4, -0.2) is 46.9 Å². The summed E-state index contributed by atoms with van der Waals surface area (Å²) in [5, 5.41) is 7.45. The Bertz CT molecular complexity index is 423. The van der Waals surface area contributed by atoms with Crippen molar-refractivity contribution in [1.29, 1.82) is 5.41 Å². The van der Waals surface area contributed by atoms with Crippen molar-refractivity contribution in [3.63, 3.8) is 0 Å². The van der Waals surface area contributed by atoms with Crippen LogP contribution in [0.5, 0.6) is 5.88 Å². The minimum atomic E-state index is -0.0670. The Morgan fingerprint density at radius 2 is 2.44 bits per heavy atom. The number of ether oxygens (including phenoxy) is 1. The number of nitrogens with one attached hydrogen (secondary N) is 1. The van der Waals surface area contributed by atoms with E-state index in [0.29, 0.717) is 24.1 Å². The van der Waals surface area contributed by atoms with E-state index in [1.807, 2.05) is 0 Å². The van der Waals surface area contributed by atoms with Gasteiger partial charge in [0, 0.05) is 12.2 Å². The molecule has 0 amide bonds. The molecule has 0 saturated carbocycles. The molecule has 1 atom stereocenters. The van der Waals surface area contributed by atoms with Gasteiger partial charge in [0.15, 0.2) is 0 Å². The van der Waals surface area contributed by atoms with Crippen LogP contribution >= 0.6 is 0 Å². The van der Waals surface area contributed by atoms with E-state index in [4.69, 9.17) is 15.9 Å². The van der Waals surface area contributed by atoms with Gasteiger partial charge >= 0.3 is 0 Å². The van der Waals surface area contributed by atoms with Gasteiger partial charge in [-0.1, -0.05) is 6.42 Å². The van der Waals surface area contributed by atoms with Crippen LogP contribution in [0.4, 0.5) is 0 Å². The minimum Gasteiger partial charge on any atom is -0.475 e. The van der Waals surface area contributed by atoms with Gasteiger partial charge < -0.3 is 15.4 Å². The summed E-state index contributed by atoms with van der Waals surface area (Å²) >= 11 is 0. The fraction of sp³-hybridized carbons (Fsp3) is 0.583. The van der Waals surface area contributed by atoms with E-state index < -0.39 is 0 Å². The highest BCUT2D eigenvalue weighted by Gasteiger charge is 2.20. The lowest BCUT2D eigenvalue weighted by molar-refractivity contribution is 0.122. The van der Waals surface area contributed by atoms with Gasteiger partial charge in [0.2, 0.25) is 5.88 Å². The molecule has 2 rings (SSSR count). The van der Waals surface area contributed by atoms with Crippen LogP contribution < -0.4 is 10.5 Å². The average Bonchev–Trinajstić information content (AvgIpc) is 2.38. The maximum Gasteiger partial charge on any atom is 0.227 e. The van der Waals surface area contributed by atoms with E-state index in [1.165, 1.54) is 25.4 Å². The molecular formula is C12H19N5O. The first-order valence-electron chi connectivity index (χ1n) is 6.16. The number of aromatic nitrogens is 2. The largest absolute Gasteiger partial charge is 0.475 e. The molecule has 2 heterocycles. The lowest BCUT2D eigenvalue weighted by atomic mass is 10.0. The van der Waals surface area contributed by atoms with Crippen LogP contribution in [0.1, 0.15) is 24.8 Å². The molecule has 0 aromatic carbocycles. The molecule has 1 aliphatic heterocycles. The molecule has 1 saturated heterocycles. The fourth-order valence-electron chi connectivity index (χ4n) is 2.15. The first-order chi connectivity index (χ1) is 8.68. The number of amidine groups is 1. The Hall–Kier alpha value is -1.69. The topological polar surface area (TPSA) is 88.1 Å². The van der Waals surface area contributed by atoms with Crippen molar-refractivity contribution in [2.75, 3.05) is 20.2 Å². The third-order valence-electron chi connectivity index (χ3n) is 3.30. The molecule has 1 unspecified atom stereocenters. The van der Waals surface area contributed by atoms with Gasteiger partial charge in [-0.05, 0) is 26.4 Å². The van der Waals surface area contributed by atoms with E-state index in [1.54, 1.807) is 0 Å². The van der Waals surface area contributed by atoms with Crippen LogP contribution in [-0.2, 0) is 0 Å². The molecule has 6 nitrogen and oxygen atoms in total. The van der Waals surface area contributed by atoms with E-state index in [0.717, 1.165) is 13.0 Å². The van der Waals surface area contributed by atoms with Crippen LogP contribution in [0.15, 0.2) is 12.5 Å². The summed E-state index contributed by atoms with van der Waals surface area (Å²) < 4.78 is 5.69. The molecule has 1 fully saturated rings. The zero-order valence-corrected chi connectivity index (χ0v) is 10.6. The molecule has 18 heavy (non-hydrogen) atoms. The Labute approximate surface area is 107 Å². The third kappa shape index (κ3) is 2.95. The minimum absolute atomic E-state index is 0.0670. The number of rotatable bonds is 4. The standard InChI is InChI=1S/C12H19N5O/c1-17-5-3-2-4-9(17)7-18-12-10(11(13)14)6-15-8-16-12/h6,8-9H,2-5,7H2,1H3,(H3,13,14). The summed E-state index contributed by atoms with van der Waals surface area (Å²) in [6, 6.07) is 0.411. The Balaban J connectivity index is 1.99. The number of nitrogens with two attached hydrogens (primary N) is 1. The van der Waals surface area contributed by atoms with Crippen molar-refractivity contribution in [3.05, 3.63) is 18.1 Å². The Morgan fingerprint density at radius 3 is 3.17 bits per heavy atom. The van der Waals surface area contributed by atoms with Crippen molar-refractivity contribution < 1.29 is 4.74 Å². The predicted molar refractivity (Wildman–Crippen MR) is 68.8 cm³/mol. The molecule has 3 N–H and O–H groups in total. The molecule has 6 heteroatoms. The average molecular weight is 249 g/mol. The Morgan fingerprint density at radius 1 is 1.61 bits per heavy atom. The van der Waals surface area contributed by atoms with Gasteiger partial charge in [0.25, 0.3) is 0 Å². The number of hydrogen-bond acceptors (Lipinski definition) is 5. The first kappa shape index (κ1) is 12.8. The molecular weight excluding hydrogens is 230 g/mol. The van der Waals surface area contributed by atoms with Crippen LogP contribution in [0, 0.1) is 5.41 Å². The molecule has 0 aliphatic carbocycles. The normalized spacial score (nSPS) is 20.6. The van der Waals surface area contributed by atoms with Gasteiger partial charge in [0.05, 0.1) is 5.56 Å². The van der Waals surface area contributed by atoms with Gasteiger partial charge in [-0.25, -0.2) is 9.97 Å². The SMILES string of the molecule is CN1CCCCC1COc1ncncc1C(=N)N. The zero-order valence-electron chi connectivity index (χ0n) is 10.6. The van der Waals surface area contributed by atoms with Crippen LogP contribution in [0.2, 0.25) is 0 Å². The van der Waals surface area contributed by atoms with Crippen molar-refractivity contribution in [2.24, 2.45) is 5.73 Å². The van der Waals surface area contributed by atoms with Crippen molar-refractivity contribution in [3.8, 4) is 5.88 Å². The van der Waals surface area contributed by atoms with Crippen LogP contribution in [0.3, 0.4) is 0 Å². The molecule has 1 aromatic rings. The predicted octanol–water partition coefficient (Wildman–Crippen LogP) is 0.624. The maximum atomic E-state index is 7.45. The number of likely N-dealkylation sites (tertiary alicyclic amines) is 1. The highest BCUT2D eigenvalue weighted by atomic mass is 16.5. The summed E-state index contributed by atoms with van der Waals surface area (Å²) in [5.41, 5.74) is 5.92. The molecule has 98 valence electrons. The lowest BCUT2D eigenvalue weighted by Crippen LogP contribution is -2.40. The summed E-state index contributed by atoms with van der Waals surface area (Å²) in [7, 11) is 2.11. The second kappa shape index (κ2) is 5.77. The molecule has 1 aromatic heterocycles. The van der Waals surface area contributed by atoms with Gasteiger partial charge in [-0.2, -0.15) is 0 Å². The fourth-order valence-corrected chi connectivity index (χ4v) is 2.15. The number of nitrogen functional groups attached to an aromatic ring is 1. The molecule has 0 bridgehead atoms. The maximum absolute atomic E-state index is 7.45. The second-order valence-corrected chi connectivity index (χ2v) is 4.60. The number of nitrogens with zero attached hydrogens (tertiary/aromatic N) is 3. The monoisotopic (exact) mass is 249 g/mol. The van der Waals surface area contributed by atoms with Crippen molar-refractivity contribution in [2.45, 2.75) is 25.3 Å². The summed E-state index contributed by atoms with van der Waals surface area (Å²) in [6.45, 7) is 1.69. The summed E-state index contributed by atoms with van der Waals surface area (Å²) in [4.78, 5) is 10.2. The van der Waals surface area contributed by atoms with Gasteiger partial charge in [-0.15, -0.1) is 0 Å². The van der Waals surface area contributed by atoms with Gasteiger partial charge in [0.1, 0.15) is 18.8 Å². The van der Waals surface area contributed by atoms with Crippen molar-refractivity contribution >= 4 is 5.84 Å². The first-order valence-corrected chi connectivity index (χ1v) is 6.16. The zero-order chi connectivity index (χ0) is 13.0. The van der Waals surface area contributed by atoms with E-state index in [9.17, 15) is 0 Å². The summed E-state index contributed by atoms with van der Waals surface area (Å²) in [6.07, 6.45) is 6.54. The van der Waals surface area contributed by atoms with Gasteiger partial charge in [-0.3, -0.25) is 5.41 Å². The summed E-state index contributed by atoms with van der Waals surface area (Å²) in [5.74, 6) is 0.332. The Kier molecular flexibility index (Phi) is 4.09.